The molecule has 1 atom stereocenters. The molecule has 1 aliphatic rings. The van der Waals surface area contributed by atoms with Crippen molar-refractivity contribution in [1.82, 2.24) is 10.2 Å². The summed E-state index contributed by atoms with van der Waals surface area (Å²) in [6.07, 6.45) is -1.44. The van der Waals surface area contributed by atoms with Gasteiger partial charge < -0.3 is 15.3 Å². The number of hydrogen-bond donors (Lipinski definition) is 2. The van der Waals surface area contributed by atoms with Gasteiger partial charge in [0.1, 0.15) is 0 Å². The molecule has 0 bridgehead atoms. The third kappa shape index (κ3) is 6.80. The van der Waals surface area contributed by atoms with Gasteiger partial charge in [-0.15, -0.1) is 0 Å². The third-order valence-corrected chi connectivity index (χ3v) is 2.56. The highest BCUT2D eigenvalue weighted by Crippen LogP contribution is 2.13. The van der Waals surface area contributed by atoms with Crippen molar-refractivity contribution in [3.8, 4) is 0 Å². The molecule has 1 fully saturated rings. The van der Waals surface area contributed by atoms with Crippen LogP contribution in [0.4, 0.5) is 13.2 Å². The number of carbonyl (C=O) groups excluding carboxylic acids is 1. The molecule has 8 heteroatoms. The van der Waals surface area contributed by atoms with Crippen molar-refractivity contribution in [1.29, 1.82) is 0 Å². The van der Waals surface area contributed by atoms with E-state index in [1.807, 2.05) is 11.9 Å². The SMILES string of the molecule is C=CC(=O)N1CCCC(NC)C1.O=C(O)C(F)(F)F. The summed E-state index contributed by atoms with van der Waals surface area (Å²) in [4.78, 5) is 21.9. The minimum Gasteiger partial charge on any atom is -0.475 e. The summed E-state index contributed by atoms with van der Waals surface area (Å²) in [5, 5.41) is 10.3. The van der Waals surface area contributed by atoms with E-state index in [-0.39, 0.29) is 5.91 Å². The van der Waals surface area contributed by atoms with Gasteiger partial charge in [-0.3, -0.25) is 4.79 Å². The van der Waals surface area contributed by atoms with Gasteiger partial charge in [0.2, 0.25) is 5.91 Å². The third-order valence-electron chi connectivity index (χ3n) is 2.56. The van der Waals surface area contributed by atoms with Crippen LogP contribution in [-0.2, 0) is 9.59 Å². The molecule has 1 heterocycles. The summed E-state index contributed by atoms with van der Waals surface area (Å²) >= 11 is 0. The molecule has 1 unspecified atom stereocenters. The molecule has 2 N–H and O–H groups in total. The minimum absolute atomic E-state index is 0.0509. The Labute approximate surface area is 109 Å². The molecule has 0 spiro atoms. The standard InChI is InChI=1S/C9H16N2O.C2HF3O2/c1-3-9(12)11-6-4-5-8(7-11)10-2;3-2(4,5)1(6)7/h3,8,10H,1,4-7H2,2H3;(H,6,7). The topological polar surface area (TPSA) is 69.6 Å². The highest BCUT2D eigenvalue weighted by Gasteiger charge is 2.38. The maximum atomic E-state index is 11.2. The number of likely N-dealkylation sites (N-methyl/N-ethyl adjacent to an activating group) is 1. The molecule has 0 aromatic carbocycles. The molecule has 1 amide bonds. The zero-order valence-corrected chi connectivity index (χ0v) is 10.5. The number of amides is 1. The summed E-state index contributed by atoms with van der Waals surface area (Å²) in [6, 6.07) is 0.461. The number of rotatable bonds is 2. The number of aliphatic carboxylic acids is 1. The molecule has 0 radical (unpaired) electrons. The van der Waals surface area contributed by atoms with Gasteiger partial charge in [-0.2, -0.15) is 13.2 Å². The van der Waals surface area contributed by atoms with Gasteiger partial charge in [-0.05, 0) is 26.0 Å². The number of carboxylic acids is 1. The van der Waals surface area contributed by atoms with Crippen LogP contribution in [0, 0.1) is 0 Å². The van der Waals surface area contributed by atoms with Crippen LogP contribution in [-0.4, -0.2) is 54.2 Å². The molecule has 5 nitrogen and oxygen atoms in total. The fourth-order valence-electron chi connectivity index (χ4n) is 1.54. The van der Waals surface area contributed by atoms with E-state index in [4.69, 9.17) is 9.90 Å². The first kappa shape index (κ1) is 17.4. The van der Waals surface area contributed by atoms with Crippen LogP contribution in [0.25, 0.3) is 0 Å². The first-order valence-electron chi connectivity index (χ1n) is 5.61. The monoisotopic (exact) mass is 282 g/mol. The van der Waals surface area contributed by atoms with Crippen LogP contribution in [0.1, 0.15) is 12.8 Å². The quantitative estimate of drug-likeness (QED) is 0.742. The van der Waals surface area contributed by atoms with Gasteiger partial charge in [-0.1, -0.05) is 6.58 Å². The molecule has 0 aromatic rings. The van der Waals surface area contributed by atoms with Crippen molar-refractivity contribution >= 4 is 11.9 Å². The van der Waals surface area contributed by atoms with Crippen LogP contribution >= 0.6 is 0 Å². The summed E-state index contributed by atoms with van der Waals surface area (Å²) < 4.78 is 31.7. The lowest BCUT2D eigenvalue weighted by atomic mass is 10.1. The summed E-state index contributed by atoms with van der Waals surface area (Å²) in [5.41, 5.74) is 0. The molecule has 1 aliphatic heterocycles. The fourth-order valence-corrected chi connectivity index (χ4v) is 1.54. The van der Waals surface area contributed by atoms with E-state index in [9.17, 15) is 18.0 Å². The Balaban J connectivity index is 0.000000399. The highest BCUT2D eigenvalue weighted by atomic mass is 19.4. The Hall–Kier alpha value is -1.57. The number of hydrogen-bond acceptors (Lipinski definition) is 3. The van der Waals surface area contributed by atoms with E-state index >= 15 is 0 Å². The lowest BCUT2D eigenvalue weighted by molar-refractivity contribution is -0.192. The molecule has 0 saturated carbocycles. The molecule has 19 heavy (non-hydrogen) atoms. The number of carbonyl (C=O) groups is 2. The van der Waals surface area contributed by atoms with E-state index in [0.29, 0.717) is 6.04 Å². The normalized spacial score (nSPS) is 19.2. The van der Waals surface area contributed by atoms with Crippen molar-refractivity contribution in [3.63, 3.8) is 0 Å². The molecule has 0 aromatic heterocycles. The number of likely N-dealkylation sites (tertiary alicyclic amines) is 1. The maximum absolute atomic E-state index is 11.2. The molecular weight excluding hydrogens is 265 g/mol. The Morgan fingerprint density at radius 2 is 2.00 bits per heavy atom. The molecule has 1 saturated heterocycles. The van der Waals surface area contributed by atoms with Gasteiger partial charge in [0.25, 0.3) is 0 Å². The number of nitrogens with zero attached hydrogens (tertiary/aromatic N) is 1. The average Bonchev–Trinajstić information content (AvgIpc) is 2.37. The smallest absolute Gasteiger partial charge is 0.475 e. The average molecular weight is 282 g/mol. The Bertz CT molecular complexity index is 332. The number of alkyl halides is 3. The van der Waals surface area contributed by atoms with Crippen LogP contribution in [0.5, 0.6) is 0 Å². The Morgan fingerprint density at radius 1 is 1.47 bits per heavy atom. The largest absolute Gasteiger partial charge is 0.490 e. The summed E-state index contributed by atoms with van der Waals surface area (Å²) in [6.45, 7) is 5.17. The predicted octanol–water partition coefficient (Wildman–Crippen LogP) is 1.02. The van der Waals surface area contributed by atoms with Crippen LogP contribution in [0.3, 0.4) is 0 Å². The minimum atomic E-state index is -5.08. The summed E-state index contributed by atoms with van der Waals surface area (Å²) in [7, 11) is 1.94. The second kappa shape index (κ2) is 7.78. The fraction of sp³-hybridized carbons (Fsp3) is 0.636. The second-order valence-corrected chi connectivity index (χ2v) is 3.92. The van der Waals surface area contributed by atoms with Crippen molar-refractivity contribution in [3.05, 3.63) is 12.7 Å². The molecular formula is C11H17F3N2O3. The lowest BCUT2D eigenvalue weighted by Crippen LogP contribution is -2.46. The van der Waals surface area contributed by atoms with E-state index < -0.39 is 12.1 Å². The van der Waals surface area contributed by atoms with Crippen molar-refractivity contribution < 1.29 is 27.9 Å². The van der Waals surface area contributed by atoms with E-state index in [1.54, 1.807) is 0 Å². The van der Waals surface area contributed by atoms with Gasteiger partial charge >= 0.3 is 12.1 Å². The van der Waals surface area contributed by atoms with E-state index in [2.05, 4.69) is 11.9 Å². The zero-order chi connectivity index (χ0) is 15.1. The Morgan fingerprint density at radius 3 is 2.37 bits per heavy atom. The van der Waals surface area contributed by atoms with E-state index in [0.717, 1.165) is 25.9 Å². The van der Waals surface area contributed by atoms with E-state index in [1.165, 1.54) is 6.08 Å². The Kier molecular flexibility index (Phi) is 7.13. The highest BCUT2D eigenvalue weighted by molar-refractivity contribution is 5.87. The molecule has 1 rings (SSSR count). The number of halogens is 3. The van der Waals surface area contributed by atoms with Crippen molar-refractivity contribution in [2.75, 3.05) is 20.1 Å². The van der Waals surface area contributed by atoms with Gasteiger partial charge in [0.15, 0.2) is 0 Å². The van der Waals surface area contributed by atoms with Crippen LogP contribution < -0.4 is 5.32 Å². The molecule has 110 valence electrons. The van der Waals surface area contributed by atoms with Gasteiger partial charge in [-0.25, -0.2) is 4.79 Å². The first-order valence-corrected chi connectivity index (χ1v) is 5.61. The van der Waals surface area contributed by atoms with Crippen molar-refractivity contribution in [2.24, 2.45) is 0 Å². The predicted molar refractivity (Wildman–Crippen MR) is 62.5 cm³/mol. The molecule has 0 aliphatic carbocycles. The summed E-state index contributed by atoms with van der Waals surface area (Å²) in [5.74, 6) is -2.71. The van der Waals surface area contributed by atoms with Crippen LogP contribution in [0.2, 0.25) is 0 Å². The number of carboxylic acid groups (broad SMARTS) is 1. The zero-order valence-electron chi connectivity index (χ0n) is 10.5. The lowest BCUT2D eigenvalue weighted by Gasteiger charge is -2.31. The van der Waals surface area contributed by atoms with Gasteiger partial charge in [0, 0.05) is 19.1 Å². The number of piperidine rings is 1. The second-order valence-electron chi connectivity index (χ2n) is 3.92. The van der Waals surface area contributed by atoms with Crippen molar-refractivity contribution in [2.45, 2.75) is 25.1 Å². The van der Waals surface area contributed by atoms with Gasteiger partial charge in [0.05, 0.1) is 0 Å². The first-order chi connectivity index (χ1) is 8.72. The maximum Gasteiger partial charge on any atom is 0.490 e. The van der Waals surface area contributed by atoms with Crippen LogP contribution in [0.15, 0.2) is 12.7 Å². The number of nitrogens with one attached hydrogen (secondary N) is 1.